The van der Waals surface area contributed by atoms with Crippen molar-refractivity contribution in [1.29, 1.82) is 0 Å². The maximum Gasteiger partial charge on any atom is 0.472 e. The Morgan fingerprint density at radius 1 is 1.00 bits per heavy atom. The number of carboxylic acids is 1. The molecule has 0 heterocycles. The smallest absolute Gasteiger partial charge is 0.472 e. The molecule has 0 radical (unpaired) electrons. The number of benzene rings is 1. The van der Waals surface area contributed by atoms with Gasteiger partial charge in [0.15, 0.2) is 0 Å². The second kappa shape index (κ2) is 14.7. The number of rotatable bonds is 17. The van der Waals surface area contributed by atoms with Gasteiger partial charge in [-0.1, -0.05) is 60.5 Å². The minimum absolute atomic E-state index is 0.0663. The number of aliphatic carboxylic acids is 1. The van der Waals surface area contributed by atoms with Gasteiger partial charge in [-0.2, -0.15) is 0 Å². The zero-order chi connectivity index (χ0) is 25.1. The van der Waals surface area contributed by atoms with Crippen molar-refractivity contribution in [2.24, 2.45) is 0 Å². The van der Waals surface area contributed by atoms with Crippen LogP contribution >= 0.6 is 42.6 Å². The zero-order valence-electron chi connectivity index (χ0n) is 19.3. The molecule has 12 heteroatoms. The Kier molecular flexibility index (Phi) is 13.6. The number of unbranched alkanes of at least 4 members (excludes halogenated alkanes) is 5. The average Bonchev–Trinajstić information content (AvgIpc) is 2.66. The summed E-state index contributed by atoms with van der Waals surface area (Å²) >= 11 is 18.0. The zero-order valence-corrected chi connectivity index (χ0v) is 22.4. The third-order valence-electron chi connectivity index (χ3n) is 4.49. The van der Waals surface area contributed by atoms with Gasteiger partial charge in [-0.05, 0) is 25.0 Å². The van der Waals surface area contributed by atoms with Crippen LogP contribution in [0.4, 0.5) is 0 Å². The second-order valence-corrected chi connectivity index (χ2v) is 11.3. The van der Waals surface area contributed by atoms with Crippen LogP contribution in [-0.4, -0.2) is 67.5 Å². The number of nitrogens with zero attached hydrogens (tertiary/aromatic N) is 1. The van der Waals surface area contributed by atoms with Crippen molar-refractivity contribution < 1.29 is 37.6 Å². The fraction of sp³-hybridized carbons (Fsp3) is 0.667. The third-order valence-corrected chi connectivity index (χ3v) is 6.84. The largest absolute Gasteiger partial charge is 0.492 e. The number of quaternary nitrogens is 1. The molecule has 2 N–H and O–H groups in total. The SMILES string of the molecule is C[N+](C)(C)CC(CC(=O)O)OP(=O)(O)OCCCCCCCCOc1ccc(Cl)c(Cl)c1Cl. The Labute approximate surface area is 210 Å². The van der Waals surface area contributed by atoms with Crippen molar-refractivity contribution in [2.45, 2.75) is 51.0 Å². The Bertz CT molecular complexity index is 805. The molecule has 1 aromatic rings. The lowest BCUT2D eigenvalue weighted by Gasteiger charge is -2.29. The number of carboxylic acid groups (broad SMARTS) is 1. The average molecular weight is 550 g/mol. The molecular formula is C21H34Cl3NO7P+. The van der Waals surface area contributed by atoms with E-state index in [9.17, 15) is 14.3 Å². The van der Waals surface area contributed by atoms with Gasteiger partial charge in [0.1, 0.15) is 23.4 Å². The van der Waals surface area contributed by atoms with Crippen LogP contribution in [-0.2, 0) is 18.4 Å². The van der Waals surface area contributed by atoms with Crippen LogP contribution in [0, 0.1) is 0 Å². The van der Waals surface area contributed by atoms with Crippen LogP contribution in [0.25, 0.3) is 0 Å². The fourth-order valence-corrected chi connectivity index (χ4v) is 4.57. The number of likely N-dealkylation sites (N-methyl/N-ethyl adjacent to an activating group) is 1. The molecule has 33 heavy (non-hydrogen) atoms. The molecule has 190 valence electrons. The van der Waals surface area contributed by atoms with E-state index >= 15 is 0 Å². The van der Waals surface area contributed by atoms with E-state index in [1.54, 1.807) is 12.1 Å². The summed E-state index contributed by atoms with van der Waals surface area (Å²) in [6.45, 7) is 0.842. The summed E-state index contributed by atoms with van der Waals surface area (Å²) in [7, 11) is 1.21. The molecule has 0 aliphatic carbocycles. The van der Waals surface area contributed by atoms with Gasteiger partial charge in [0, 0.05) is 0 Å². The first-order valence-corrected chi connectivity index (χ1v) is 13.4. The minimum Gasteiger partial charge on any atom is -0.492 e. The summed E-state index contributed by atoms with van der Waals surface area (Å²) in [5.74, 6) is -0.593. The number of hydrogen-bond donors (Lipinski definition) is 2. The molecule has 0 saturated carbocycles. The maximum absolute atomic E-state index is 12.2. The van der Waals surface area contributed by atoms with Crippen molar-refractivity contribution in [3.05, 3.63) is 27.2 Å². The van der Waals surface area contributed by atoms with Gasteiger partial charge in [-0.25, -0.2) is 4.57 Å². The summed E-state index contributed by atoms with van der Waals surface area (Å²) in [5, 5.41) is 9.96. The first kappa shape index (κ1) is 30.5. The van der Waals surface area contributed by atoms with E-state index in [2.05, 4.69) is 0 Å². The van der Waals surface area contributed by atoms with E-state index in [0.29, 0.717) is 33.3 Å². The highest BCUT2D eigenvalue weighted by Gasteiger charge is 2.31. The van der Waals surface area contributed by atoms with Gasteiger partial charge in [-0.3, -0.25) is 13.8 Å². The maximum atomic E-state index is 12.2. The molecule has 0 aromatic heterocycles. The van der Waals surface area contributed by atoms with E-state index in [4.69, 9.17) is 53.7 Å². The van der Waals surface area contributed by atoms with Crippen LogP contribution in [0.3, 0.4) is 0 Å². The monoisotopic (exact) mass is 548 g/mol. The number of ether oxygens (including phenoxy) is 1. The van der Waals surface area contributed by atoms with Crippen LogP contribution in [0.1, 0.15) is 44.9 Å². The van der Waals surface area contributed by atoms with Crippen molar-refractivity contribution in [3.63, 3.8) is 0 Å². The van der Waals surface area contributed by atoms with E-state index in [-0.39, 0.29) is 24.6 Å². The van der Waals surface area contributed by atoms with Gasteiger partial charge in [0.2, 0.25) is 0 Å². The molecule has 0 spiro atoms. The van der Waals surface area contributed by atoms with Crippen molar-refractivity contribution in [1.82, 2.24) is 0 Å². The molecule has 2 unspecified atom stereocenters. The Morgan fingerprint density at radius 2 is 1.58 bits per heavy atom. The predicted molar refractivity (Wildman–Crippen MR) is 130 cm³/mol. The molecule has 2 atom stereocenters. The molecule has 8 nitrogen and oxygen atoms in total. The van der Waals surface area contributed by atoms with Crippen LogP contribution < -0.4 is 4.74 Å². The summed E-state index contributed by atoms with van der Waals surface area (Å²) in [6, 6.07) is 3.33. The molecular weight excluding hydrogens is 516 g/mol. The molecule has 0 aliphatic rings. The van der Waals surface area contributed by atoms with Crippen molar-refractivity contribution >= 4 is 48.6 Å². The first-order chi connectivity index (χ1) is 15.3. The van der Waals surface area contributed by atoms with Crippen molar-refractivity contribution in [3.8, 4) is 5.75 Å². The highest BCUT2D eigenvalue weighted by molar-refractivity contribution is 7.47. The minimum atomic E-state index is -4.32. The number of hydrogen-bond acceptors (Lipinski definition) is 5. The number of halogens is 3. The van der Waals surface area contributed by atoms with E-state index in [1.165, 1.54) is 0 Å². The number of phosphoric acid groups is 1. The fourth-order valence-electron chi connectivity index (χ4n) is 3.05. The molecule has 0 aliphatic heterocycles. The Morgan fingerprint density at radius 3 is 2.15 bits per heavy atom. The van der Waals surface area contributed by atoms with E-state index in [1.807, 2.05) is 21.1 Å². The molecule has 0 fully saturated rings. The van der Waals surface area contributed by atoms with Gasteiger partial charge < -0.3 is 19.2 Å². The van der Waals surface area contributed by atoms with Crippen LogP contribution in [0.15, 0.2) is 12.1 Å². The first-order valence-electron chi connectivity index (χ1n) is 10.7. The molecule has 1 aromatic carbocycles. The molecule has 0 bridgehead atoms. The van der Waals surface area contributed by atoms with Crippen LogP contribution in [0.5, 0.6) is 5.75 Å². The van der Waals surface area contributed by atoms with Gasteiger partial charge >= 0.3 is 13.8 Å². The highest BCUT2D eigenvalue weighted by atomic mass is 35.5. The summed E-state index contributed by atoms with van der Waals surface area (Å²) < 4.78 is 28.3. The quantitative estimate of drug-likeness (QED) is 0.106. The summed E-state index contributed by atoms with van der Waals surface area (Å²) in [6.07, 6.45) is 3.88. The lowest BCUT2D eigenvalue weighted by Crippen LogP contribution is -2.42. The standard InChI is InChI=1S/C21H33Cl3NO7P/c1-25(2,3)15-16(14-19(26)27)32-33(28,29)31-13-9-7-5-4-6-8-12-30-18-11-10-17(22)20(23)21(18)24/h10-11,16H,4-9,12-15H2,1-3H3,(H-,26,27,28,29)/p+1. The summed E-state index contributed by atoms with van der Waals surface area (Å²) in [5.41, 5.74) is 0. The topological polar surface area (TPSA) is 102 Å². The summed E-state index contributed by atoms with van der Waals surface area (Å²) in [4.78, 5) is 20.9. The van der Waals surface area contributed by atoms with Gasteiger partial charge in [0.25, 0.3) is 0 Å². The lowest BCUT2D eigenvalue weighted by molar-refractivity contribution is -0.873. The highest BCUT2D eigenvalue weighted by Crippen LogP contribution is 2.45. The lowest BCUT2D eigenvalue weighted by atomic mass is 10.1. The Balaban J connectivity index is 2.18. The predicted octanol–water partition coefficient (Wildman–Crippen LogP) is 6.05. The van der Waals surface area contributed by atoms with Crippen molar-refractivity contribution in [2.75, 3.05) is 40.9 Å². The van der Waals surface area contributed by atoms with Crippen LogP contribution in [0.2, 0.25) is 15.1 Å². The van der Waals surface area contributed by atoms with Gasteiger partial charge in [-0.15, -0.1) is 0 Å². The Hall–Kier alpha value is -0.570. The third kappa shape index (κ3) is 13.8. The van der Waals surface area contributed by atoms with E-state index < -0.39 is 19.9 Å². The van der Waals surface area contributed by atoms with E-state index in [0.717, 1.165) is 32.1 Å². The second-order valence-electron chi connectivity index (χ2n) is 8.74. The molecule has 0 saturated heterocycles. The normalized spacial score (nSPS) is 14.6. The molecule has 0 amide bonds. The number of carbonyl (C=O) groups is 1. The van der Waals surface area contributed by atoms with Gasteiger partial charge in [0.05, 0.1) is 50.8 Å². The molecule has 1 rings (SSSR count). The number of phosphoric ester groups is 1.